The van der Waals surface area contributed by atoms with Crippen LogP contribution in [0.15, 0.2) is 61.1 Å². The number of benzene rings is 1. The molecule has 0 saturated heterocycles. The molecule has 0 amide bonds. The maximum Gasteiger partial charge on any atom is 0.170 e. The molecule has 0 radical (unpaired) electrons. The van der Waals surface area contributed by atoms with Crippen molar-refractivity contribution in [1.82, 2.24) is 9.97 Å². The number of carbonyl (C=O) groups excluding carboxylic acids is 2. The number of nitrogens with two attached hydrogens (primary N) is 1. The van der Waals surface area contributed by atoms with Crippen LogP contribution in [-0.4, -0.2) is 22.0 Å². The minimum Gasteiger partial charge on any atom is -0.383 e. The van der Waals surface area contributed by atoms with Crippen molar-refractivity contribution >= 4 is 17.9 Å². The number of aromatic nitrogens is 2. The lowest BCUT2D eigenvalue weighted by Crippen LogP contribution is -2.09. The van der Waals surface area contributed by atoms with Gasteiger partial charge in [0.05, 0.1) is 5.56 Å². The summed E-state index contributed by atoms with van der Waals surface area (Å²) in [4.78, 5) is 31.8. The van der Waals surface area contributed by atoms with Crippen molar-refractivity contribution in [3.8, 4) is 11.1 Å². The summed E-state index contributed by atoms with van der Waals surface area (Å²) in [5.74, 6) is 0.0537. The first-order valence-corrected chi connectivity index (χ1v) is 7.41. The zero-order chi connectivity index (χ0) is 16.9. The summed E-state index contributed by atoms with van der Waals surface area (Å²) in [6, 6.07) is 12.4. The molecule has 118 valence electrons. The maximum absolute atomic E-state index is 12.6. The number of hydrogen-bond acceptors (Lipinski definition) is 5. The second kappa shape index (κ2) is 6.83. The van der Waals surface area contributed by atoms with Crippen LogP contribution in [0.5, 0.6) is 0 Å². The van der Waals surface area contributed by atoms with Crippen LogP contribution in [-0.2, 0) is 6.42 Å². The highest BCUT2D eigenvalue weighted by atomic mass is 16.1. The van der Waals surface area contributed by atoms with E-state index in [9.17, 15) is 9.59 Å². The molecular formula is C19H15N3O2. The van der Waals surface area contributed by atoms with Gasteiger partial charge in [0.25, 0.3) is 0 Å². The third-order valence-corrected chi connectivity index (χ3v) is 3.73. The van der Waals surface area contributed by atoms with Crippen LogP contribution in [0, 0.1) is 0 Å². The first kappa shape index (κ1) is 15.6. The summed E-state index contributed by atoms with van der Waals surface area (Å²) in [6.07, 6.45) is 5.85. The molecule has 0 fully saturated rings. The quantitative estimate of drug-likeness (QED) is 0.577. The molecule has 3 aromatic rings. The SMILES string of the molecule is Nc1ncc(-c2ccccc2C=O)cc1C(=O)Cc1ccncc1. The molecule has 0 atom stereocenters. The second-order valence-corrected chi connectivity index (χ2v) is 5.32. The topological polar surface area (TPSA) is 85.9 Å². The van der Waals surface area contributed by atoms with Crippen LogP contribution < -0.4 is 5.73 Å². The first-order chi connectivity index (χ1) is 11.7. The van der Waals surface area contributed by atoms with E-state index in [0.717, 1.165) is 17.4 Å². The molecule has 5 heteroatoms. The predicted octanol–water partition coefficient (Wildman–Crippen LogP) is 2.96. The van der Waals surface area contributed by atoms with Gasteiger partial charge in [-0.3, -0.25) is 14.6 Å². The summed E-state index contributed by atoms with van der Waals surface area (Å²) < 4.78 is 0. The van der Waals surface area contributed by atoms with E-state index in [4.69, 9.17) is 5.73 Å². The molecule has 24 heavy (non-hydrogen) atoms. The lowest BCUT2D eigenvalue weighted by molar-refractivity contribution is 0.0993. The molecule has 0 aliphatic carbocycles. The summed E-state index contributed by atoms with van der Waals surface area (Å²) in [7, 11) is 0. The number of pyridine rings is 2. The lowest BCUT2D eigenvalue weighted by atomic mass is 9.98. The Morgan fingerprint density at radius 2 is 1.88 bits per heavy atom. The van der Waals surface area contributed by atoms with Gasteiger partial charge in [0.1, 0.15) is 5.82 Å². The van der Waals surface area contributed by atoms with Crippen molar-refractivity contribution in [2.45, 2.75) is 6.42 Å². The molecule has 1 aromatic carbocycles. The molecule has 0 bridgehead atoms. The van der Waals surface area contributed by atoms with E-state index in [2.05, 4.69) is 9.97 Å². The summed E-state index contributed by atoms with van der Waals surface area (Å²) >= 11 is 0. The van der Waals surface area contributed by atoms with Crippen molar-refractivity contribution in [1.29, 1.82) is 0 Å². The molecule has 3 rings (SSSR count). The predicted molar refractivity (Wildman–Crippen MR) is 91.7 cm³/mol. The fourth-order valence-corrected chi connectivity index (χ4v) is 2.49. The van der Waals surface area contributed by atoms with Gasteiger partial charge >= 0.3 is 0 Å². The van der Waals surface area contributed by atoms with E-state index in [-0.39, 0.29) is 18.0 Å². The van der Waals surface area contributed by atoms with Gasteiger partial charge in [-0.25, -0.2) is 4.98 Å². The standard InChI is InChI=1S/C19H15N3O2/c20-19-17(18(24)9-13-5-7-21-8-6-13)10-15(11-22-19)16-4-2-1-3-14(16)12-23/h1-8,10-12H,9H2,(H2,20,22). The molecule has 2 aromatic heterocycles. The number of anilines is 1. The van der Waals surface area contributed by atoms with E-state index < -0.39 is 0 Å². The number of nitrogens with zero attached hydrogens (tertiary/aromatic N) is 2. The molecule has 0 saturated carbocycles. The third-order valence-electron chi connectivity index (χ3n) is 3.73. The van der Waals surface area contributed by atoms with Gasteiger partial charge < -0.3 is 5.73 Å². The molecule has 2 heterocycles. The van der Waals surface area contributed by atoms with Crippen LogP contribution in [0.1, 0.15) is 26.3 Å². The van der Waals surface area contributed by atoms with Crippen LogP contribution in [0.3, 0.4) is 0 Å². The number of hydrogen-bond donors (Lipinski definition) is 1. The number of ketones is 1. The van der Waals surface area contributed by atoms with E-state index >= 15 is 0 Å². The van der Waals surface area contributed by atoms with Crippen LogP contribution >= 0.6 is 0 Å². The van der Waals surface area contributed by atoms with E-state index in [0.29, 0.717) is 16.7 Å². The third kappa shape index (κ3) is 3.20. The number of rotatable bonds is 5. The largest absolute Gasteiger partial charge is 0.383 e. The molecule has 2 N–H and O–H groups in total. The lowest BCUT2D eigenvalue weighted by Gasteiger charge is -2.09. The summed E-state index contributed by atoms with van der Waals surface area (Å²) in [5.41, 5.74) is 9.03. The Bertz CT molecular complexity index is 892. The number of Topliss-reactive ketones (excluding diaryl/α,β-unsaturated/α-hetero) is 1. The number of aldehydes is 1. The summed E-state index contributed by atoms with van der Waals surface area (Å²) in [6.45, 7) is 0. The Morgan fingerprint density at radius 3 is 2.62 bits per heavy atom. The zero-order valence-corrected chi connectivity index (χ0v) is 12.8. The maximum atomic E-state index is 12.6. The van der Waals surface area contributed by atoms with Gasteiger partial charge in [0.15, 0.2) is 12.1 Å². The molecule has 0 aliphatic heterocycles. The molecule has 0 aliphatic rings. The fourth-order valence-electron chi connectivity index (χ4n) is 2.49. The number of nitrogen functional groups attached to an aromatic ring is 1. The average Bonchev–Trinajstić information content (AvgIpc) is 2.63. The van der Waals surface area contributed by atoms with E-state index in [1.807, 2.05) is 12.1 Å². The van der Waals surface area contributed by atoms with E-state index in [1.165, 1.54) is 0 Å². The minimum absolute atomic E-state index is 0.128. The first-order valence-electron chi connectivity index (χ1n) is 7.41. The normalized spacial score (nSPS) is 10.3. The van der Waals surface area contributed by atoms with Crippen molar-refractivity contribution < 1.29 is 9.59 Å². The fraction of sp³-hybridized carbons (Fsp3) is 0.0526. The Morgan fingerprint density at radius 1 is 1.12 bits per heavy atom. The molecule has 0 unspecified atom stereocenters. The van der Waals surface area contributed by atoms with Gasteiger partial charge in [-0.1, -0.05) is 24.3 Å². The van der Waals surface area contributed by atoms with E-state index in [1.54, 1.807) is 48.9 Å². The van der Waals surface area contributed by atoms with Crippen LogP contribution in [0.2, 0.25) is 0 Å². The average molecular weight is 317 g/mol. The Kier molecular flexibility index (Phi) is 4.43. The van der Waals surface area contributed by atoms with Crippen molar-refractivity contribution in [3.05, 3.63) is 77.7 Å². The van der Waals surface area contributed by atoms with Gasteiger partial charge in [-0.15, -0.1) is 0 Å². The second-order valence-electron chi connectivity index (χ2n) is 5.32. The minimum atomic E-state index is -0.128. The smallest absolute Gasteiger partial charge is 0.170 e. The highest BCUT2D eigenvalue weighted by Crippen LogP contribution is 2.25. The summed E-state index contributed by atoms with van der Waals surface area (Å²) in [5, 5.41) is 0. The Labute approximate surface area is 139 Å². The molecular weight excluding hydrogens is 302 g/mol. The van der Waals surface area contributed by atoms with Gasteiger partial charge in [-0.05, 0) is 29.3 Å². The van der Waals surface area contributed by atoms with Gasteiger partial charge in [0.2, 0.25) is 0 Å². The van der Waals surface area contributed by atoms with Crippen molar-refractivity contribution in [2.75, 3.05) is 5.73 Å². The van der Waals surface area contributed by atoms with Crippen LogP contribution in [0.4, 0.5) is 5.82 Å². The Hall–Kier alpha value is -3.34. The van der Waals surface area contributed by atoms with Crippen LogP contribution in [0.25, 0.3) is 11.1 Å². The van der Waals surface area contributed by atoms with Gasteiger partial charge in [0, 0.05) is 36.1 Å². The molecule has 5 nitrogen and oxygen atoms in total. The van der Waals surface area contributed by atoms with Crippen molar-refractivity contribution in [3.63, 3.8) is 0 Å². The zero-order valence-electron chi connectivity index (χ0n) is 12.8. The highest BCUT2D eigenvalue weighted by Gasteiger charge is 2.14. The van der Waals surface area contributed by atoms with Gasteiger partial charge in [-0.2, -0.15) is 0 Å². The number of carbonyl (C=O) groups is 2. The Balaban J connectivity index is 1.97. The highest BCUT2D eigenvalue weighted by molar-refractivity contribution is 6.02. The molecule has 0 spiro atoms. The monoisotopic (exact) mass is 317 g/mol. The van der Waals surface area contributed by atoms with Crippen molar-refractivity contribution in [2.24, 2.45) is 0 Å².